The lowest BCUT2D eigenvalue weighted by molar-refractivity contribution is -0.138. The number of halogens is 6. The van der Waals surface area contributed by atoms with E-state index in [0.717, 1.165) is 57.4 Å². The van der Waals surface area contributed by atoms with E-state index in [1.54, 1.807) is 15.6 Å². The van der Waals surface area contributed by atoms with Crippen LogP contribution in [0.1, 0.15) is 87.5 Å². The van der Waals surface area contributed by atoms with Crippen LogP contribution < -0.4 is 0 Å². The summed E-state index contributed by atoms with van der Waals surface area (Å²) in [6.45, 7) is 6.86. The van der Waals surface area contributed by atoms with Gasteiger partial charge >= 0.3 is 24.3 Å². The van der Waals surface area contributed by atoms with E-state index >= 15 is 0 Å². The average molecular weight is 795 g/mol. The molecular weight excluding hydrogens is 750 g/mol. The number of furan rings is 2. The van der Waals surface area contributed by atoms with Crippen LogP contribution in [0.5, 0.6) is 0 Å². The van der Waals surface area contributed by atoms with Crippen molar-refractivity contribution in [1.82, 2.24) is 29.4 Å². The quantitative estimate of drug-likeness (QED) is 0.153. The van der Waals surface area contributed by atoms with Crippen LogP contribution in [-0.4, -0.2) is 93.3 Å². The van der Waals surface area contributed by atoms with Gasteiger partial charge in [0.15, 0.2) is 0 Å². The van der Waals surface area contributed by atoms with Gasteiger partial charge in [-0.1, -0.05) is 0 Å². The number of esters is 1. The summed E-state index contributed by atoms with van der Waals surface area (Å²) in [4.78, 5) is 27.9. The van der Waals surface area contributed by atoms with Crippen LogP contribution in [0, 0.1) is 11.8 Å². The average Bonchev–Trinajstić information content (AvgIpc) is 3.91. The number of carbonyl (C=O) groups is 2. The number of aryl methyl sites for hydroxylation is 4. The Morgan fingerprint density at radius 2 is 1.14 bits per heavy atom. The second-order valence-electron chi connectivity index (χ2n) is 15.2. The Morgan fingerprint density at radius 3 is 1.54 bits per heavy atom. The second-order valence-corrected chi connectivity index (χ2v) is 15.2. The lowest BCUT2D eigenvalue weighted by Gasteiger charge is -2.28. The molecule has 6 heterocycles. The number of piperidine rings is 2. The number of ether oxygens (including phenoxy) is 1. The minimum absolute atomic E-state index is 0.0298. The summed E-state index contributed by atoms with van der Waals surface area (Å²) in [5, 5.41) is 18.0. The van der Waals surface area contributed by atoms with Crippen LogP contribution in [0.4, 0.5) is 26.3 Å². The number of fused-ring (bicyclic) bond motifs is 6. The third-order valence-corrected chi connectivity index (χ3v) is 11.1. The fourth-order valence-corrected chi connectivity index (χ4v) is 8.26. The minimum Gasteiger partial charge on any atom is -0.475 e. The molecule has 4 aliphatic rings. The number of carbonyl (C=O) groups excluding carboxylic acids is 1. The first-order valence-corrected chi connectivity index (χ1v) is 18.9. The number of aromatic carboxylic acids is 1. The van der Waals surface area contributed by atoms with E-state index in [1.165, 1.54) is 6.92 Å². The fraction of sp³-hybridized carbons (Fsp3) is 0.579. The predicted octanol–water partition coefficient (Wildman–Crippen LogP) is 7.08. The SMILES string of the molecule is CCOC(=O)c1oc2c(c1C(F)(F)F)-c1nn(CC3CCN(C)CC3)cc1CC2.CN1CCC(Cn2cc3c(n2)-c2c(oc(C(=O)O)c2C(F)(F)F)CC3)CC1. The minimum atomic E-state index is -4.82. The van der Waals surface area contributed by atoms with Gasteiger partial charge in [0.1, 0.15) is 22.6 Å². The highest BCUT2D eigenvalue weighted by atomic mass is 19.4. The van der Waals surface area contributed by atoms with Crippen molar-refractivity contribution >= 4 is 11.9 Å². The first kappa shape index (κ1) is 39.6. The molecule has 4 aromatic heterocycles. The number of hydrogen-bond acceptors (Lipinski definition) is 9. The van der Waals surface area contributed by atoms with E-state index in [4.69, 9.17) is 18.7 Å². The van der Waals surface area contributed by atoms with Crippen molar-refractivity contribution in [2.75, 3.05) is 46.9 Å². The van der Waals surface area contributed by atoms with Crippen molar-refractivity contribution in [3.05, 3.63) is 57.7 Å². The Hall–Kier alpha value is -4.58. The number of alkyl halides is 6. The van der Waals surface area contributed by atoms with Crippen molar-refractivity contribution in [1.29, 1.82) is 0 Å². The summed E-state index contributed by atoms with van der Waals surface area (Å²) in [6, 6.07) is 0. The van der Waals surface area contributed by atoms with Crippen LogP contribution in [0.25, 0.3) is 22.5 Å². The molecular formula is C38H44F6N6O6. The summed E-state index contributed by atoms with van der Waals surface area (Å²) < 4.78 is 101. The third-order valence-electron chi connectivity index (χ3n) is 11.1. The van der Waals surface area contributed by atoms with Gasteiger partial charge in [-0.25, -0.2) is 9.59 Å². The molecule has 0 saturated carbocycles. The highest BCUT2D eigenvalue weighted by molar-refractivity contribution is 5.92. The number of carboxylic acids is 1. The molecule has 0 atom stereocenters. The maximum atomic E-state index is 13.9. The molecule has 2 aliphatic carbocycles. The summed E-state index contributed by atoms with van der Waals surface area (Å²) in [6.07, 6.45) is -0.256. The third kappa shape index (κ3) is 7.99. The molecule has 56 heavy (non-hydrogen) atoms. The zero-order valence-electron chi connectivity index (χ0n) is 31.4. The number of carboxylic acid groups (broad SMARTS) is 1. The topological polar surface area (TPSA) is 132 Å². The Balaban J connectivity index is 0.000000172. The molecule has 12 nitrogen and oxygen atoms in total. The molecule has 0 unspecified atom stereocenters. The monoisotopic (exact) mass is 794 g/mol. The molecule has 0 spiro atoms. The second kappa shape index (κ2) is 15.4. The van der Waals surface area contributed by atoms with Crippen LogP contribution in [-0.2, 0) is 55.9 Å². The zero-order chi connectivity index (χ0) is 40.1. The smallest absolute Gasteiger partial charge is 0.421 e. The van der Waals surface area contributed by atoms with E-state index in [1.807, 2.05) is 6.20 Å². The number of rotatable bonds is 7. The summed E-state index contributed by atoms with van der Waals surface area (Å²) in [7, 11) is 4.16. The Labute approximate surface area is 318 Å². The van der Waals surface area contributed by atoms with E-state index in [0.29, 0.717) is 49.8 Å². The van der Waals surface area contributed by atoms with Crippen molar-refractivity contribution in [2.45, 2.75) is 83.7 Å². The van der Waals surface area contributed by atoms with Crippen LogP contribution in [0.3, 0.4) is 0 Å². The maximum Gasteiger partial charge on any atom is 0.421 e. The van der Waals surface area contributed by atoms with E-state index in [-0.39, 0.29) is 47.1 Å². The van der Waals surface area contributed by atoms with Gasteiger partial charge in [0.2, 0.25) is 11.5 Å². The van der Waals surface area contributed by atoms with Gasteiger partial charge in [-0.05, 0) is 109 Å². The Kier molecular flexibility index (Phi) is 10.9. The molecule has 0 radical (unpaired) electrons. The lowest BCUT2D eigenvalue weighted by Crippen LogP contribution is -2.32. The summed E-state index contributed by atoms with van der Waals surface area (Å²) in [5.74, 6) is -3.55. The highest BCUT2D eigenvalue weighted by Crippen LogP contribution is 2.48. The lowest BCUT2D eigenvalue weighted by atomic mass is 9.93. The summed E-state index contributed by atoms with van der Waals surface area (Å²) in [5.41, 5.74) is -0.677. The van der Waals surface area contributed by atoms with Gasteiger partial charge in [0.05, 0.1) is 29.1 Å². The highest BCUT2D eigenvalue weighted by Gasteiger charge is 2.47. The van der Waals surface area contributed by atoms with Gasteiger partial charge in [-0.3, -0.25) is 9.36 Å². The van der Waals surface area contributed by atoms with Crippen molar-refractivity contribution in [2.24, 2.45) is 11.8 Å². The molecule has 1 N–H and O–H groups in total. The maximum absolute atomic E-state index is 13.9. The molecule has 2 aliphatic heterocycles. The number of hydrogen-bond donors (Lipinski definition) is 1. The van der Waals surface area contributed by atoms with Crippen LogP contribution in [0.15, 0.2) is 21.2 Å². The fourth-order valence-electron chi connectivity index (χ4n) is 8.26. The molecule has 304 valence electrons. The van der Waals surface area contributed by atoms with Gasteiger partial charge in [-0.15, -0.1) is 0 Å². The number of aromatic nitrogens is 4. The Morgan fingerprint density at radius 1 is 0.732 bits per heavy atom. The predicted molar refractivity (Wildman–Crippen MR) is 188 cm³/mol. The molecule has 2 fully saturated rings. The van der Waals surface area contributed by atoms with Gasteiger partial charge in [-0.2, -0.15) is 36.5 Å². The van der Waals surface area contributed by atoms with Crippen molar-refractivity contribution < 1.29 is 54.6 Å². The van der Waals surface area contributed by atoms with E-state index in [9.17, 15) is 35.9 Å². The molecule has 2 saturated heterocycles. The molecule has 18 heteroatoms. The van der Waals surface area contributed by atoms with E-state index in [2.05, 4.69) is 34.1 Å². The molecule has 0 bridgehead atoms. The zero-order valence-corrected chi connectivity index (χ0v) is 31.4. The first-order valence-electron chi connectivity index (χ1n) is 18.9. The van der Waals surface area contributed by atoms with Gasteiger partial charge in [0.25, 0.3) is 0 Å². The van der Waals surface area contributed by atoms with E-state index < -0.39 is 46.9 Å². The number of likely N-dealkylation sites (tertiary alicyclic amines) is 2. The van der Waals surface area contributed by atoms with Gasteiger partial charge in [0, 0.05) is 38.3 Å². The molecule has 0 amide bonds. The molecule has 4 aromatic rings. The Bertz CT molecular complexity index is 2080. The first-order chi connectivity index (χ1) is 26.5. The van der Waals surface area contributed by atoms with Crippen molar-refractivity contribution in [3.63, 3.8) is 0 Å². The molecule has 0 aromatic carbocycles. The van der Waals surface area contributed by atoms with Crippen LogP contribution in [0.2, 0.25) is 0 Å². The van der Waals surface area contributed by atoms with Crippen molar-refractivity contribution in [3.8, 4) is 22.5 Å². The summed E-state index contributed by atoms with van der Waals surface area (Å²) >= 11 is 0. The normalized spacial score (nSPS) is 18.1. The van der Waals surface area contributed by atoms with Gasteiger partial charge < -0.3 is 28.5 Å². The standard InChI is InChI=1S/C20H24F3N3O3.C18H20F3N3O3/c1-3-28-19(27)18-16(20(21,22)23)15-14(29-18)5-4-13-11-26(24-17(13)15)10-12-6-8-25(2)9-7-12;1-23-6-4-10(5-7-23)8-24-9-11-2-3-12-13(15(11)22-24)14(18(19,20)21)16(27-12)17(25)26/h11-12H,3-10H2,1-2H3;9-10H,2-8H2,1H3,(H,25,26). The number of nitrogens with zero attached hydrogens (tertiary/aromatic N) is 6. The molecule has 8 rings (SSSR count). The largest absolute Gasteiger partial charge is 0.475 e. The van der Waals surface area contributed by atoms with Crippen LogP contribution >= 0.6 is 0 Å².